The van der Waals surface area contributed by atoms with Gasteiger partial charge >= 0.3 is 0 Å². The van der Waals surface area contributed by atoms with Gasteiger partial charge in [0.2, 0.25) is 0 Å². The van der Waals surface area contributed by atoms with E-state index in [0.29, 0.717) is 30.2 Å². The molecular formula is C23H30ClNO6. The van der Waals surface area contributed by atoms with Crippen LogP contribution in [0.5, 0.6) is 0 Å². The molecule has 4 N–H and O–H groups in total. The molecule has 0 amide bonds. The number of aliphatic hydroxyl groups excluding tert-OH is 4. The third-order valence-corrected chi connectivity index (χ3v) is 6.96. The summed E-state index contributed by atoms with van der Waals surface area (Å²) in [6.07, 6.45) is -2.52. The summed E-state index contributed by atoms with van der Waals surface area (Å²) in [4.78, 5) is 2.03. The lowest BCUT2D eigenvalue weighted by atomic mass is 9.75. The molecule has 0 radical (unpaired) electrons. The van der Waals surface area contributed by atoms with E-state index in [1.807, 2.05) is 37.2 Å². The van der Waals surface area contributed by atoms with Gasteiger partial charge in [-0.2, -0.15) is 0 Å². The number of anilines is 1. The molecule has 2 aliphatic heterocycles. The highest BCUT2D eigenvalue weighted by Crippen LogP contribution is 2.46. The fraction of sp³-hybridized carbons (Fsp3) is 0.565. The lowest BCUT2D eigenvalue weighted by molar-refractivity contribution is -0.240. The molecule has 170 valence electrons. The van der Waals surface area contributed by atoms with Gasteiger partial charge in [0.15, 0.2) is 0 Å². The Kier molecular flexibility index (Phi) is 6.62. The molecule has 4 rings (SSSR count). The highest BCUT2D eigenvalue weighted by molar-refractivity contribution is 6.32. The zero-order valence-corrected chi connectivity index (χ0v) is 18.4. The predicted octanol–water partition coefficient (Wildman–Crippen LogP) is 1.18. The van der Waals surface area contributed by atoms with Crippen molar-refractivity contribution in [2.45, 2.75) is 43.4 Å². The monoisotopic (exact) mass is 451 g/mol. The summed E-state index contributed by atoms with van der Waals surface area (Å²) >= 11 is 6.71. The second-order valence-corrected chi connectivity index (χ2v) is 9.10. The van der Waals surface area contributed by atoms with Gasteiger partial charge in [-0.3, -0.25) is 0 Å². The second-order valence-electron chi connectivity index (χ2n) is 8.72. The van der Waals surface area contributed by atoms with Gasteiger partial charge in [-0.1, -0.05) is 29.8 Å². The SMILES string of the molecule is CN(C)c1ccc(CC2=CC(C3OC(CO)C(O)C(O)C3O)C3CCOC3=C2Cl)cc1. The Bertz CT molecular complexity index is 852. The molecule has 2 fully saturated rings. The van der Waals surface area contributed by atoms with E-state index < -0.39 is 37.1 Å². The van der Waals surface area contributed by atoms with E-state index in [-0.39, 0.29) is 11.8 Å². The highest BCUT2D eigenvalue weighted by Gasteiger charge is 2.50. The first-order valence-electron chi connectivity index (χ1n) is 10.6. The van der Waals surface area contributed by atoms with Crippen molar-refractivity contribution in [1.29, 1.82) is 0 Å². The van der Waals surface area contributed by atoms with E-state index in [9.17, 15) is 20.4 Å². The van der Waals surface area contributed by atoms with Crippen LogP contribution >= 0.6 is 11.6 Å². The van der Waals surface area contributed by atoms with Crippen molar-refractivity contribution >= 4 is 17.3 Å². The van der Waals surface area contributed by atoms with E-state index in [0.717, 1.165) is 16.8 Å². The molecule has 1 aromatic carbocycles. The van der Waals surface area contributed by atoms with Gasteiger partial charge in [-0.15, -0.1) is 0 Å². The quantitative estimate of drug-likeness (QED) is 0.533. The number of ether oxygens (including phenoxy) is 2. The third kappa shape index (κ3) is 4.23. The largest absolute Gasteiger partial charge is 0.496 e. The van der Waals surface area contributed by atoms with Crippen molar-refractivity contribution in [2.24, 2.45) is 11.8 Å². The van der Waals surface area contributed by atoms with Crippen LogP contribution < -0.4 is 4.90 Å². The van der Waals surface area contributed by atoms with Crippen LogP contribution in [-0.4, -0.2) is 78.3 Å². The van der Waals surface area contributed by atoms with Gasteiger partial charge in [-0.25, -0.2) is 0 Å². The lowest BCUT2D eigenvalue weighted by Gasteiger charge is -2.44. The molecule has 31 heavy (non-hydrogen) atoms. The van der Waals surface area contributed by atoms with Crippen LogP contribution in [-0.2, 0) is 15.9 Å². The van der Waals surface area contributed by atoms with Crippen LogP contribution in [0.1, 0.15) is 12.0 Å². The molecule has 7 nitrogen and oxygen atoms in total. The molecule has 1 aromatic rings. The minimum Gasteiger partial charge on any atom is -0.496 e. The van der Waals surface area contributed by atoms with E-state index in [1.54, 1.807) is 0 Å². The first-order valence-corrected chi connectivity index (χ1v) is 11.0. The number of allylic oxidation sites excluding steroid dienone is 3. The molecule has 7 unspecified atom stereocenters. The van der Waals surface area contributed by atoms with Crippen molar-refractivity contribution in [3.63, 3.8) is 0 Å². The molecule has 0 bridgehead atoms. The maximum Gasteiger partial charge on any atom is 0.119 e. The predicted molar refractivity (Wildman–Crippen MR) is 117 cm³/mol. The number of benzene rings is 1. The number of fused-ring (bicyclic) bond motifs is 1. The van der Waals surface area contributed by atoms with Crippen LogP contribution in [0.25, 0.3) is 0 Å². The molecule has 7 atom stereocenters. The zero-order chi connectivity index (χ0) is 22.3. The Hall–Kier alpha value is -1.61. The smallest absolute Gasteiger partial charge is 0.119 e. The van der Waals surface area contributed by atoms with Crippen molar-refractivity contribution < 1.29 is 29.9 Å². The highest BCUT2D eigenvalue weighted by atomic mass is 35.5. The van der Waals surface area contributed by atoms with E-state index >= 15 is 0 Å². The van der Waals surface area contributed by atoms with Crippen molar-refractivity contribution in [3.05, 3.63) is 52.3 Å². The minimum atomic E-state index is -1.40. The van der Waals surface area contributed by atoms with Gasteiger partial charge in [0, 0.05) is 31.6 Å². The third-order valence-electron chi connectivity index (χ3n) is 6.54. The molecular weight excluding hydrogens is 422 g/mol. The summed E-state index contributed by atoms with van der Waals surface area (Å²) in [5.41, 5.74) is 3.05. The Balaban J connectivity index is 1.64. The van der Waals surface area contributed by atoms with E-state index in [1.165, 1.54) is 0 Å². The van der Waals surface area contributed by atoms with Crippen LogP contribution in [0.3, 0.4) is 0 Å². The van der Waals surface area contributed by atoms with Crippen molar-refractivity contribution in [1.82, 2.24) is 0 Å². The second kappa shape index (κ2) is 9.10. The fourth-order valence-electron chi connectivity index (χ4n) is 4.75. The first kappa shape index (κ1) is 22.6. The molecule has 2 heterocycles. The van der Waals surface area contributed by atoms with Gasteiger partial charge in [-0.05, 0) is 36.1 Å². The molecule has 8 heteroatoms. The maximum absolute atomic E-state index is 10.7. The summed E-state index contributed by atoms with van der Waals surface area (Å²) < 4.78 is 11.7. The first-order chi connectivity index (χ1) is 14.8. The summed E-state index contributed by atoms with van der Waals surface area (Å²) in [7, 11) is 3.98. The average Bonchev–Trinajstić information content (AvgIpc) is 3.25. The fourth-order valence-corrected chi connectivity index (χ4v) is 5.07. The molecule has 0 aromatic heterocycles. The van der Waals surface area contributed by atoms with Gasteiger partial charge in [0.05, 0.1) is 24.4 Å². The van der Waals surface area contributed by atoms with Gasteiger partial charge in [0.25, 0.3) is 0 Å². The number of nitrogens with zero attached hydrogens (tertiary/aromatic N) is 1. The number of hydrogen-bond acceptors (Lipinski definition) is 7. The number of rotatable bonds is 5. The lowest BCUT2D eigenvalue weighted by Crippen LogP contribution is -2.61. The van der Waals surface area contributed by atoms with Crippen molar-refractivity contribution in [3.8, 4) is 0 Å². The molecule has 0 spiro atoms. The summed E-state index contributed by atoms with van der Waals surface area (Å²) in [6.45, 7) is 0.0658. The topological polar surface area (TPSA) is 103 Å². The number of halogens is 1. The Labute approximate surface area is 187 Å². The zero-order valence-electron chi connectivity index (χ0n) is 17.7. The normalized spacial score (nSPS) is 35.5. The van der Waals surface area contributed by atoms with Crippen LogP contribution in [0.15, 0.2) is 46.7 Å². The molecule has 3 aliphatic rings. The molecule has 0 saturated carbocycles. The van der Waals surface area contributed by atoms with E-state index in [2.05, 4.69) is 12.1 Å². The maximum atomic E-state index is 10.7. The number of aliphatic hydroxyl groups is 4. The average molecular weight is 452 g/mol. The van der Waals surface area contributed by atoms with Gasteiger partial charge in [0.1, 0.15) is 30.2 Å². The van der Waals surface area contributed by atoms with Crippen molar-refractivity contribution in [2.75, 3.05) is 32.2 Å². The van der Waals surface area contributed by atoms with E-state index in [4.69, 9.17) is 21.1 Å². The summed E-state index contributed by atoms with van der Waals surface area (Å²) in [6, 6.07) is 8.19. The standard InChI is InChI=1S/C23H30ClNO6/c1-25(2)14-5-3-12(4-6-14)9-13-10-16(15-7-8-30-22(15)18(13)24)23-21(29)20(28)19(27)17(11-26)31-23/h3-6,10,15-17,19-21,23,26-29H,7-9,11H2,1-2H3. The van der Waals surface area contributed by atoms with Crippen LogP contribution in [0, 0.1) is 11.8 Å². The Morgan fingerprint density at radius 3 is 2.42 bits per heavy atom. The summed E-state index contributed by atoms with van der Waals surface area (Å²) in [5.74, 6) is 0.294. The molecule has 1 aliphatic carbocycles. The van der Waals surface area contributed by atoms with Crippen LogP contribution in [0.2, 0.25) is 0 Å². The van der Waals surface area contributed by atoms with Crippen LogP contribution in [0.4, 0.5) is 5.69 Å². The Morgan fingerprint density at radius 1 is 1.06 bits per heavy atom. The molecule has 2 saturated heterocycles. The summed E-state index contributed by atoms with van der Waals surface area (Å²) in [5, 5.41) is 41.2. The van der Waals surface area contributed by atoms with Gasteiger partial charge < -0.3 is 34.8 Å². The number of hydrogen-bond donors (Lipinski definition) is 4. The Morgan fingerprint density at radius 2 is 1.77 bits per heavy atom. The minimum absolute atomic E-state index is 0.0891.